The molecule has 29 heavy (non-hydrogen) atoms. The summed E-state index contributed by atoms with van der Waals surface area (Å²) in [6, 6.07) is 21.5. The third-order valence-electron chi connectivity index (χ3n) is 4.51. The number of carbonyl (C=O) groups is 1. The van der Waals surface area contributed by atoms with Crippen molar-refractivity contribution in [1.82, 2.24) is 10.3 Å². The van der Waals surface area contributed by atoms with E-state index in [4.69, 9.17) is 11.6 Å². The van der Waals surface area contributed by atoms with Crippen molar-refractivity contribution < 1.29 is 9.18 Å². The number of H-pyrrole nitrogens is 1. The Balaban J connectivity index is 1.49. The van der Waals surface area contributed by atoms with Crippen LogP contribution in [0.25, 0.3) is 22.2 Å². The third kappa shape index (κ3) is 4.47. The molecule has 2 N–H and O–H groups in total. The van der Waals surface area contributed by atoms with E-state index in [1.54, 1.807) is 17.8 Å². The number of aromatic amines is 1. The van der Waals surface area contributed by atoms with E-state index in [-0.39, 0.29) is 5.91 Å². The summed E-state index contributed by atoms with van der Waals surface area (Å²) in [6.45, 7) is 0.472. The maximum absolute atomic E-state index is 13.3. The van der Waals surface area contributed by atoms with E-state index in [9.17, 15) is 9.18 Å². The molecule has 0 aliphatic carbocycles. The molecule has 1 aromatic heterocycles. The number of amides is 1. The second-order valence-corrected chi connectivity index (χ2v) is 8.04. The number of aromatic nitrogens is 1. The minimum Gasteiger partial charge on any atom is -0.354 e. The van der Waals surface area contributed by atoms with Crippen LogP contribution in [-0.2, 0) is 0 Å². The van der Waals surface area contributed by atoms with Crippen molar-refractivity contribution in [3.8, 4) is 11.3 Å². The van der Waals surface area contributed by atoms with Gasteiger partial charge in [0, 0.05) is 38.7 Å². The highest BCUT2D eigenvalue weighted by Crippen LogP contribution is 2.37. The Kier molecular flexibility index (Phi) is 5.88. The largest absolute Gasteiger partial charge is 0.354 e. The molecule has 6 heteroatoms. The molecule has 1 heterocycles. The summed E-state index contributed by atoms with van der Waals surface area (Å²) in [5.41, 5.74) is 3.47. The molecule has 0 radical (unpaired) electrons. The lowest BCUT2D eigenvalue weighted by atomic mass is 10.1. The summed E-state index contributed by atoms with van der Waals surface area (Å²) in [7, 11) is 0. The van der Waals surface area contributed by atoms with Crippen LogP contribution in [0.4, 0.5) is 4.39 Å². The van der Waals surface area contributed by atoms with Crippen molar-refractivity contribution >= 4 is 40.2 Å². The quantitative estimate of drug-likeness (QED) is 0.288. The van der Waals surface area contributed by atoms with Crippen LogP contribution in [0.15, 0.2) is 77.7 Å². The molecule has 0 saturated carbocycles. The summed E-state index contributed by atoms with van der Waals surface area (Å²) < 4.78 is 13.3. The molecule has 3 nitrogen and oxygen atoms in total. The van der Waals surface area contributed by atoms with Crippen molar-refractivity contribution in [3.05, 3.63) is 89.2 Å². The highest BCUT2D eigenvalue weighted by atomic mass is 35.5. The van der Waals surface area contributed by atoms with Gasteiger partial charge in [0.25, 0.3) is 5.91 Å². The zero-order valence-corrected chi connectivity index (χ0v) is 17.0. The number of para-hydroxylation sites is 1. The van der Waals surface area contributed by atoms with Gasteiger partial charge in [-0.3, -0.25) is 4.79 Å². The topological polar surface area (TPSA) is 44.9 Å². The van der Waals surface area contributed by atoms with Gasteiger partial charge in [-0.25, -0.2) is 4.39 Å². The van der Waals surface area contributed by atoms with Crippen molar-refractivity contribution in [2.24, 2.45) is 0 Å². The molecule has 146 valence electrons. The van der Waals surface area contributed by atoms with Crippen LogP contribution < -0.4 is 5.32 Å². The number of nitrogens with one attached hydrogen (secondary N) is 2. The van der Waals surface area contributed by atoms with E-state index in [1.165, 1.54) is 18.2 Å². The average Bonchev–Trinajstić information content (AvgIpc) is 3.10. The number of benzene rings is 3. The highest BCUT2D eigenvalue weighted by molar-refractivity contribution is 7.99. The Hall–Kier alpha value is -2.76. The van der Waals surface area contributed by atoms with Gasteiger partial charge in [-0.05, 0) is 42.0 Å². The van der Waals surface area contributed by atoms with Crippen molar-refractivity contribution in [1.29, 1.82) is 0 Å². The van der Waals surface area contributed by atoms with Gasteiger partial charge in [-0.1, -0.05) is 48.0 Å². The van der Waals surface area contributed by atoms with Gasteiger partial charge in [-0.2, -0.15) is 0 Å². The number of halogens is 2. The molecule has 0 bridgehead atoms. The molecule has 0 aliphatic heterocycles. The second kappa shape index (κ2) is 8.72. The van der Waals surface area contributed by atoms with Crippen molar-refractivity contribution in [2.45, 2.75) is 4.90 Å². The molecule has 0 aliphatic rings. The predicted molar refractivity (Wildman–Crippen MR) is 118 cm³/mol. The predicted octanol–water partition coefficient (Wildman–Crippen LogP) is 6.15. The van der Waals surface area contributed by atoms with Crippen molar-refractivity contribution in [3.63, 3.8) is 0 Å². The smallest absolute Gasteiger partial charge is 0.251 e. The summed E-state index contributed by atoms with van der Waals surface area (Å²) in [5, 5.41) is 4.68. The average molecular weight is 425 g/mol. The molecule has 0 unspecified atom stereocenters. The summed E-state index contributed by atoms with van der Waals surface area (Å²) in [5.74, 6) is -0.0101. The standard InChI is InChI=1S/C23H18ClFN2OS/c24-17-10-8-15(9-11-17)21-22(19-6-1-2-7-20(19)27-21)29-13-12-26-23(28)16-4-3-5-18(25)14-16/h1-11,14,27H,12-13H2,(H,26,28). The van der Waals surface area contributed by atoms with Crippen LogP contribution in [0.2, 0.25) is 5.02 Å². The number of fused-ring (bicyclic) bond motifs is 1. The first kappa shape index (κ1) is 19.6. The number of rotatable bonds is 6. The summed E-state index contributed by atoms with van der Waals surface area (Å²) >= 11 is 7.70. The Morgan fingerprint density at radius 1 is 1.03 bits per heavy atom. The fourth-order valence-electron chi connectivity index (χ4n) is 3.14. The highest BCUT2D eigenvalue weighted by Gasteiger charge is 2.14. The first-order valence-corrected chi connectivity index (χ1v) is 10.5. The summed E-state index contributed by atoms with van der Waals surface area (Å²) in [6.07, 6.45) is 0. The number of hydrogen-bond acceptors (Lipinski definition) is 2. The lowest BCUT2D eigenvalue weighted by molar-refractivity contribution is 0.0955. The van der Waals surface area contributed by atoms with E-state index in [2.05, 4.69) is 16.4 Å². The zero-order chi connectivity index (χ0) is 20.2. The van der Waals surface area contributed by atoms with Gasteiger partial charge < -0.3 is 10.3 Å². The van der Waals surface area contributed by atoms with Gasteiger partial charge >= 0.3 is 0 Å². The van der Waals surface area contributed by atoms with E-state index in [1.807, 2.05) is 42.5 Å². The fourth-order valence-corrected chi connectivity index (χ4v) is 4.32. The van der Waals surface area contributed by atoms with E-state index in [0.717, 1.165) is 27.1 Å². The first-order valence-electron chi connectivity index (χ1n) is 9.15. The maximum atomic E-state index is 13.3. The molecule has 1 amide bonds. The molecule has 0 saturated heterocycles. The third-order valence-corrected chi connectivity index (χ3v) is 5.89. The summed E-state index contributed by atoms with van der Waals surface area (Å²) in [4.78, 5) is 16.8. The van der Waals surface area contributed by atoms with Crippen LogP contribution in [0, 0.1) is 5.82 Å². The van der Waals surface area contributed by atoms with Gasteiger partial charge in [0.1, 0.15) is 5.82 Å². The molecule has 0 fully saturated rings. The molecule has 4 aromatic rings. The van der Waals surface area contributed by atoms with Gasteiger partial charge in [0.2, 0.25) is 0 Å². The Bertz CT molecular complexity index is 1160. The van der Waals surface area contributed by atoms with Gasteiger partial charge in [0.05, 0.1) is 5.69 Å². The van der Waals surface area contributed by atoms with Crippen LogP contribution >= 0.6 is 23.4 Å². The lowest BCUT2D eigenvalue weighted by Crippen LogP contribution is -2.25. The minimum absolute atomic E-state index is 0.276. The van der Waals surface area contributed by atoms with E-state index >= 15 is 0 Å². The normalized spacial score (nSPS) is 11.0. The monoisotopic (exact) mass is 424 g/mol. The molecule has 0 spiro atoms. The molecule has 0 atom stereocenters. The maximum Gasteiger partial charge on any atom is 0.251 e. The Labute approximate surface area is 177 Å². The fraction of sp³-hybridized carbons (Fsp3) is 0.0870. The minimum atomic E-state index is -0.418. The van der Waals surface area contributed by atoms with Gasteiger partial charge in [0.15, 0.2) is 0 Å². The SMILES string of the molecule is O=C(NCCSc1c(-c2ccc(Cl)cc2)[nH]c2ccccc12)c1cccc(F)c1. The van der Waals surface area contributed by atoms with E-state index in [0.29, 0.717) is 22.9 Å². The van der Waals surface area contributed by atoms with Crippen molar-refractivity contribution in [2.75, 3.05) is 12.3 Å². The first-order chi connectivity index (χ1) is 14.1. The second-order valence-electron chi connectivity index (χ2n) is 6.50. The number of carbonyl (C=O) groups excluding carboxylic acids is 1. The lowest BCUT2D eigenvalue weighted by Gasteiger charge is -2.07. The van der Waals surface area contributed by atoms with E-state index < -0.39 is 5.82 Å². The number of thioether (sulfide) groups is 1. The number of hydrogen-bond donors (Lipinski definition) is 2. The Morgan fingerprint density at radius 2 is 1.83 bits per heavy atom. The van der Waals surface area contributed by atoms with Crippen LogP contribution in [0.5, 0.6) is 0 Å². The molecular formula is C23H18ClFN2OS. The zero-order valence-electron chi connectivity index (χ0n) is 15.4. The molecular weight excluding hydrogens is 407 g/mol. The Morgan fingerprint density at radius 3 is 2.62 bits per heavy atom. The van der Waals surface area contributed by atoms with Crippen LogP contribution in [0.3, 0.4) is 0 Å². The molecule has 4 rings (SSSR count). The van der Waals surface area contributed by atoms with Gasteiger partial charge in [-0.15, -0.1) is 11.8 Å². The van der Waals surface area contributed by atoms with Crippen LogP contribution in [0.1, 0.15) is 10.4 Å². The van der Waals surface area contributed by atoms with Crippen LogP contribution in [-0.4, -0.2) is 23.2 Å². The molecule has 3 aromatic carbocycles.